The van der Waals surface area contributed by atoms with E-state index in [4.69, 9.17) is 4.98 Å². The number of piperazine rings is 1. The van der Waals surface area contributed by atoms with E-state index in [2.05, 4.69) is 20.3 Å². The van der Waals surface area contributed by atoms with Gasteiger partial charge in [-0.05, 0) is 72.0 Å². The third-order valence-corrected chi connectivity index (χ3v) is 11.1. The Morgan fingerprint density at radius 1 is 0.965 bits per heavy atom. The molecule has 2 N–H and O–H groups in total. The van der Waals surface area contributed by atoms with Gasteiger partial charge < -0.3 is 24.6 Å². The largest absolute Gasteiger partial charge is 0.366 e. The van der Waals surface area contributed by atoms with Gasteiger partial charge in [0, 0.05) is 108 Å². The number of pyridine rings is 1. The van der Waals surface area contributed by atoms with Crippen LogP contribution in [0.1, 0.15) is 53.2 Å². The molecular formula is C42H43F2N9O4. The van der Waals surface area contributed by atoms with E-state index >= 15 is 8.78 Å². The number of nitrogens with zero attached hydrogens (tertiary/aromatic N) is 7. The lowest BCUT2D eigenvalue weighted by Gasteiger charge is -2.37. The first kappa shape index (κ1) is 37.5. The molecule has 57 heavy (non-hydrogen) atoms. The summed E-state index contributed by atoms with van der Waals surface area (Å²) in [5.74, 6) is -1.75. The van der Waals surface area contributed by atoms with E-state index in [1.54, 1.807) is 60.3 Å². The van der Waals surface area contributed by atoms with Crippen molar-refractivity contribution in [1.82, 2.24) is 34.9 Å². The number of halogens is 2. The Bertz CT molecular complexity index is 2380. The van der Waals surface area contributed by atoms with Crippen molar-refractivity contribution < 1.29 is 28.0 Å². The fourth-order valence-electron chi connectivity index (χ4n) is 7.96. The van der Waals surface area contributed by atoms with Crippen LogP contribution in [0.5, 0.6) is 0 Å². The second-order valence-electron chi connectivity index (χ2n) is 14.9. The number of hydrogen-bond donors (Lipinski definition) is 2. The van der Waals surface area contributed by atoms with Crippen molar-refractivity contribution in [1.29, 1.82) is 0 Å². The Kier molecular flexibility index (Phi) is 10.3. The SMILES string of the molecule is CN(C)C(=O)c1cc2c(-c3ccc(N4CCN(c5ccc(C6CCC(=O)NC6=O)cc5F)CC4)nc3)cc(C3=CCCN(C(=O)CCn4cccn4)C3)c(F)c2[nH]1. The highest BCUT2D eigenvalue weighted by molar-refractivity contribution is 6.04. The number of imide groups is 1. The highest BCUT2D eigenvalue weighted by Gasteiger charge is 2.30. The van der Waals surface area contributed by atoms with Gasteiger partial charge in [0.2, 0.25) is 17.7 Å². The van der Waals surface area contributed by atoms with Crippen LogP contribution in [-0.4, -0.2) is 107 Å². The first-order valence-corrected chi connectivity index (χ1v) is 19.1. The molecule has 3 aliphatic rings. The maximum absolute atomic E-state index is 16.5. The summed E-state index contributed by atoms with van der Waals surface area (Å²) in [7, 11) is 3.28. The van der Waals surface area contributed by atoms with Gasteiger partial charge in [0.1, 0.15) is 17.3 Å². The molecule has 0 saturated carbocycles. The zero-order valence-electron chi connectivity index (χ0n) is 31.8. The molecule has 2 fully saturated rings. The zero-order valence-corrected chi connectivity index (χ0v) is 31.8. The average Bonchev–Trinajstić information content (AvgIpc) is 3.92. The molecule has 6 heterocycles. The van der Waals surface area contributed by atoms with Crippen LogP contribution in [0.25, 0.3) is 27.6 Å². The molecule has 2 saturated heterocycles. The van der Waals surface area contributed by atoms with Crippen LogP contribution in [0.4, 0.5) is 20.3 Å². The van der Waals surface area contributed by atoms with Crippen molar-refractivity contribution in [2.45, 2.75) is 38.1 Å². The molecule has 4 amide bonds. The Hall–Kier alpha value is -6.38. The number of anilines is 2. The summed E-state index contributed by atoms with van der Waals surface area (Å²) in [6.07, 6.45) is 8.64. The van der Waals surface area contributed by atoms with Crippen molar-refractivity contribution in [3.8, 4) is 11.1 Å². The summed E-state index contributed by atoms with van der Waals surface area (Å²) in [4.78, 5) is 65.2. The van der Waals surface area contributed by atoms with E-state index in [0.717, 1.165) is 11.4 Å². The fourth-order valence-corrected chi connectivity index (χ4v) is 7.96. The third kappa shape index (κ3) is 7.61. The summed E-state index contributed by atoms with van der Waals surface area (Å²) in [6.45, 7) is 3.51. The van der Waals surface area contributed by atoms with E-state index in [9.17, 15) is 19.2 Å². The van der Waals surface area contributed by atoms with Crippen LogP contribution in [0.3, 0.4) is 0 Å². The van der Waals surface area contributed by atoms with Gasteiger partial charge in [0.05, 0.1) is 17.1 Å². The Morgan fingerprint density at radius 2 is 1.77 bits per heavy atom. The predicted molar refractivity (Wildman–Crippen MR) is 211 cm³/mol. The van der Waals surface area contributed by atoms with Crippen LogP contribution < -0.4 is 15.1 Å². The van der Waals surface area contributed by atoms with Gasteiger partial charge in [-0.15, -0.1) is 0 Å². The summed E-state index contributed by atoms with van der Waals surface area (Å²) < 4.78 is 33.6. The number of hydrogen-bond acceptors (Lipinski definition) is 8. The van der Waals surface area contributed by atoms with Crippen LogP contribution >= 0.6 is 0 Å². The standard InChI is InChI=1S/C42H43F2N9O4/c1-49(2)42(57)34-23-32-30(22-31(39(44)40(32)47-34)28-5-3-14-52(25-28)38(55)12-16-53-15-4-13-46-53)27-7-10-36(45-24-27)51-19-17-50(18-20-51)35-9-6-26(21-33(35)43)29-8-11-37(54)48-41(29)56/h4-7,9-10,13,15,21-24,29,47H,3,8,11-12,14,16-20,25H2,1-2H3,(H,48,54,56). The predicted octanol–water partition coefficient (Wildman–Crippen LogP) is 4.96. The number of nitrogens with one attached hydrogen (secondary N) is 2. The first-order chi connectivity index (χ1) is 27.5. The van der Waals surface area contributed by atoms with E-state index in [-0.39, 0.29) is 48.3 Å². The number of aromatic amines is 1. The Labute approximate surface area is 327 Å². The second kappa shape index (κ2) is 15.6. The van der Waals surface area contributed by atoms with E-state index < -0.39 is 23.5 Å². The smallest absolute Gasteiger partial charge is 0.269 e. The van der Waals surface area contributed by atoms with Gasteiger partial charge in [0.25, 0.3) is 5.91 Å². The van der Waals surface area contributed by atoms with Gasteiger partial charge in [-0.2, -0.15) is 5.10 Å². The summed E-state index contributed by atoms with van der Waals surface area (Å²) >= 11 is 0. The second-order valence-corrected chi connectivity index (χ2v) is 14.9. The molecule has 1 atom stereocenters. The maximum atomic E-state index is 16.5. The number of rotatable bonds is 9. The highest BCUT2D eigenvalue weighted by Crippen LogP contribution is 2.37. The molecule has 13 nitrogen and oxygen atoms in total. The number of piperidine rings is 1. The van der Waals surface area contributed by atoms with Crippen molar-refractivity contribution in [2.75, 3.05) is 63.2 Å². The van der Waals surface area contributed by atoms with Crippen molar-refractivity contribution in [2.24, 2.45) is 0 Å². The lowest BCUT2D eigenvalue weighted by molar-refractivity contribution is -0.134. The number of carbonyl (C=O) groups excluding carboxylic acids is 4. The molecule has 0 aliphatic carbocycles. The van der Waals surface area contributed by atoms with Crippen molar-refractivity contribution in [3.63, 3.8) is 0 Å². The molecule has 294 valence electrons. The minimum absolute atomic E-state index is 0.0370. The molecular weight excluding hydrogens is 733 g/mol. The number of carbonyl (C=O) groups is 4. The van der Waals surface area contributed by atoms with Gasteiger partial charge >= 0.3 is 0 Å². The zero-order chi connectivity index (χ0) is 39.8. The molecule has 1 unspecified atom stereocenters. The molecule has 3 aliphatic heterocycles. The van der Waals surface area contributed by atoms with Crippen LogP contribution in [0.15, 0.2) is 73.2 Å². The van der Waals surface area contributed by atoms with Crippen molar-refractivity contribution in [3.05, 3.63) is 102 Å². The Balaban J connectivity index is 1.01. The minimum Gasteiger partial charge on any atom is -0.366 e. The van der Waals surface area contributed by atoms with E-state index in [1.807, 2.05) is 35.4 Å². The highest BCUT2D eigenvalue weighted by atomic mass is 19.1. The minimum atomic E-state index is -0.552. The monoisotopic (exact) mass is 775 g/mol. The molecule has 3 aromatic heterocycles. The van der Waals surface area contributed by atoms with Crippen LogP contribution in [0.2, 0.25) is 0 Å². The molecule has 5 aromatic rings. The number of fused-ring (bicyclic) bond motifs is 1. The lowest BCUT2D eigenvalue weighted by atomic mass is 9.90. The quantitative estimate of drug-likeness (QED) is 0.201. The number of benzene rings is 2. The fraction of sp³-hybridized carbons (Fsp3) is 0.333. The first-order valence-electron chi connectivity index (χ1n) is 19.1. The van der Waals surface area contributed by atoms with Gasteiger partial charge in [-0.3, -0.25) is 29.2 Å². The maximum Gasteiger partial charge on any atom is 0.269 e. The molecule has 15 heteroatoms. The Morgan fingerprint density at radius 3 is 2.47 bits per heavy atom. The van der Waals surface area contributed by atoms with Crippen LogP contribution in [-0.2, 0) is 20.9 Å². The number of amides is 4. The normalized spacial score (nSPS) is 17.5. The molecule has 0 bridgehead atoms. The van der Waals surface area contributed by atoms with E-state index in [0.29, 0.717) is 85.4 Å². The van der Waals surface area contributed by atoms with Gasteiger partial charge in [-0.1, -0.05) is 12.1 Å². The summed E-state index contributed by atoms with van der Waals surface area (Å²) in [6, 6.07) is 14.0. The summed E-state index contributed by atoms with van der Waals surface area (Å²) in [5.41, 5.74) is 3.93. The van der Waals surface area contributed by atoms with Crippen LogP contribution in [0, 0.1) is 11.6 Å². The van der Waals surface area contributed by atoms with Crippen molar-refractivity contribution >= 4 is 51.6 Å². The molecule has 0 spiro atoms. The lowest BCUT2D eigenvalue weighted by Crippen LogP contribution is -2.47. The van der Waals surface area contributed by atoms with Gasteiger partial charge in [0.15, 0.2) is 5.82 Å². The number of aromatic nitrogens is 4. The molecule has 0 radical (unpaired) electrons. The molecule has 2 aromatic carbocycles. The number of aryl methyl sites for hydroxylation is 1. The topological polar surface area (TPSA) is 140 Å². The van der Waals surface area contributed by atoms with Gasteiger partial charge in [-0.25, -0.2) is 13.8 Å². The van der Waals surface area contributed by atoms with E-state index in [1.165, 1.54) is 11.0 Å². The molecule has 8 rings (SSSR count). The summed E-state index contributed by atoms with van der Waals surface area (Å²) in [5, 5.41) is 7.06. The third-order valence-electron chi connectivity index (χ3n) is 11.1. The number of H-pyrrole nitrogens is 1. The average molecular weight is 776 g/mol.